The number of hydrogen-bond acceptors (Lipinski definition) is 3. The molecule has 0 amide bonds. The molecule has 0 radical (unpaired) electrons. The quantitative estimate of drug-likeness (QED) is 0.512. The molecule has 1 aliphatic heterocycles. The standard InChI is InChI=1S/C9H9BClN3OS/c1-12-9(16)14-10(15)8-4-7(11)3-2-6(8)5-13-14/h2-5,15H,1H3,(H,12,16). The minimum Gasteiger partial charge on any atom is -0.427 e. The molecule has 16 heavy (non-hydrogen) atoms. The number of benzene rings is 1. The maximum atomic E-state index is 10.1. The first-order valence-electron chi connectivity index (χ1n) is 4.66. The first-order valence-corrected chi connectivity index (χ1v) is 5.44. The Bertz CT molecular complexity index is 468. The largest absolute Gasteiger partial charge is 0.473 e. The third-order valence-electron chi connectivity index (χ3n) is 2.30. The number of hydrogen-bond donors (Lipinski definition) is 2. The Balaban J connectivity index is 2.40. The number of fused-ring (bicyclic) bond motifs is 1. The summed E-state index contributed by atoms with van der Waals surface area (Å²) in [6.07, 6.45) is 1.64. The van der Waals surface area contributed by atoms with Gasteiger partial charge in [0.25, 0.3) is 0 Å². The molecule has 0 spiro atoms. The van der Waals surface area contributed by atoms with Gasteiger partial charge in [-0.25, -0.2) is 0 Å². The zero-order valence-corrected chi connectivity index (χ0v) is 10.1. The summed E-state index contributed by atoms with van der Waals surface area (Å²) in [5.74, 6) is 0. The second kappa shape index (κ2) is 4.41. The van der Waals surface area contributed by atoms with E-state index in [2.05, 4.69) is 10.4 Å². The SMILES string of the molecule is CNC(=S)N1N=Cc2ccc(Cl)cc2B1O. The minimum absolute atomic E-state index is 0.356. The molecule has 7 heteroatoms. The van der Waals surface area contributed by atoms with Crippen LogP contribution in [-0.2, 0) is 0 Å². The number of nitrogens with one attached hydrogen (secondary N) is 1. The van der Waals surface area contributed by atoms with Gasteiger partial charge in [0.05, 0.1) is 6.21 Å². The summed E-state index contributed by atoms with van der Waals surface area (Å²) >= 11 is 10.9. The van der Waals surface area contributed by atoms with Crippen LogP contribution in [0.25, 0.3) is 0 Å². The summed E-state index contributed by atoms with van der Waals surface area (Å²) < 4.78 is 0. The number of thiocarbonyl (C=S) groups is 1. The molecule has 0 bridgehead atoms. The van der Waals surface area contributed by atoms with Crippen LogP contribution in [0.3, 0.4) is 0 Å². The van der Waals surface area contributed by atoms with E-state index in [-0.39, 0.29) is 0 Å². The average molecular weight is 254 g/mol. The molecule has 0 atom stereocenters. The number of nitrogens with zero attached hydrogens (tertiary/aromatic N) is 2. The van der Waals surface area contributed by atoms with Crippen molar-refractivity contribution in [3.8, 4) is 0 Å². The monoisotopic (exact) mass is 253 g/mol. The van der Waals surface area contributed by atoms with Crippen molar-refractivity contribution >= 4 is 47.7 Å². The molecule has 0 unspecified atom stereocenters. The van der Waals surface area contributed by atoms with Crippen molar-refractivity contribution in [2.75, 3.05) is 7.05 Å². The molecule has 1 aromatic rings. The lowest BCUT2D eigenvalue weighted by Gasteiger charge is -2.26. The molecular weight excluding hydrogens is 244 g/mol. The Morgan fingerprint density at radius 1 is 1.62 bits per heavy atom. The number of halogens is 1. The smallest absolute Gasteiger partial charge is 0.427 e. The molecule has 0 aliphatic carbocycles. The maximum Gasteiger partial charge on any atom is 0.473 e. The Morgan fingerprint density at radius 3 is 3.06 bits per heavy atom. The minimum atomic E-state index is -0.904. The van der Waals surface area contributed by atoms with Crippen LogP contribution in [0.5, 0.6) is 0 Å². The predicted molar refractivity (Wildman–Crippen MR) is 70.1 cm³/mol. The molecule has 0 aromatic heterocycles. The molecule has 1 aliphatic rings. The van der Waals surface area contributed by atoms with E-state index in [0.717, 1.165) is 5.56 Å². The van der Waals surface area contributed by atoms with Crippen molar-refractivity contribution in [2.45, 2.75) is 0 Å². The zero-order valence-electron chi connectivity index (χ0n) is 8.51. The third-order valence-corrected chi connectivity index (χ3v) is 2.93. The lowest BCUT2D eigenvalue weighted by atomic mass is 9.70. The van der Waals surface area contributed by atoms with E-state index in [4.69, 9.17) is 23.8 Å². The fraction of sp³-hybridized carbons (Fsp3) is 0.111. The van der Waals surface area contributed by atoms with Crippen LogP contribution in [0, 0.1) is 0 Å². The van der Waals surface area contributed by atoms with Crippen LogP contribution in [0.4, 0.5) is 0 Å². The number of rotatable bonds is 0. The second-order valence-corrected chi connectivity index (χ2v) is 4.11. The van der Waals surface area contributed by atoms with Crippen LogP contribution >= 0.6 is 23.8 Å². The van der Waals surface area contributed by atoms with Gasteiger partial charge in [-0.2, -0.15) is 5.10 Å². The molecule has 1 heterocycles. The summed E-state index contributed by atoms with van der Waals surface area (Å²) in [6, 6.07) is 5.27. The highest BCUT2D eigenvalue weighted by Crippen LogP contribution is 2.12. The van der Waals surface area contributed by atoms with Crippen LogP contribution in [0.15, 0.2) is 23.3 Å². The van der Waals surface area contributed by atoms with E-state index in [9.17, 15) is 5.02 Å². The topological polar surface area (TPSA) is 47.9 Å². The molecule has 0 saturated heterocycles. The lowest BCUT2D eigenvalue weighted by Crippen LogP contribution is -2.54. The van der Waals surface area contributed by atoms with Crippen LogP contribution < -0.4 is 10.8 Å². The van der Waals surface area contributed by atoms with E-state index in [0.29, 0.717) is 15.6 Å². The highest BCUT2D eigenvalue weighted by molar-refractivity contribution is 7.80. The molecular formula is C9H9BClN3OS. The summed E-state index contributed by atoms with van der Waals surface area (Å²) in [7, 11) is 0.775. The van der Waals surface area contributed by atoms with Gasteiger partial charge in [0.2, 0.25) is 0 Å². The second-order valence-electron chi connectivity index (χ2n) is 3.29. The Kier molecular flexibility index (Phi) is 3.14. The van der Waals surface area contributed by atoms with E-state index in [1.165, 1.54) is 4.92 Å². The summed E-state index contributed by atoms with van der Waals surface area (Å²) in [5.41, 5.74) is 1.53. The fourth-order valence-corrected chi connectivity index (χ4v) is 1.81. The molecule has 0 fully saturated rings. The molecule has 2 rings (SSSR count). The zero-order chi connectivity index (χ0) is 11.7. The fourth-order valence-electron chi connectivity index (χ4n) is 1.48. The van der Waals surface area contributed by atoms with E-state index >= 15 is 0 Å². The van der Waals surface area contributed by atoms with Crippen LogP contribution in [0.1, 0.15) is 5.56 Å². The average Bonchev–Trinajstić information content (AvgIpc) is 2.29. The van der Waals surface area contributed by atoms with Gasteiger partial charge in [-0.3, -0.25) is 4.92 Å². The van der Waals surface area contributed by atoms with Gasteiger partial charge >= 0.3 is 7.05 Å². The Morgan fingerprint density at radius 2 is 2.38 bits per heavy atom. The van der Waals surface area contributed by atoms with Crippen molar-refractivity contribution in [2.24, 2.45) is 5.10 Å². The van der Waals surface area contributed by atoms with Gasteiger partial charge in [0, 0.05) is 12.1 Å². The van der Waals surface area contributed by atoms with Gasteiger partial charge in [0.15, 0.2) is 5.11 Å². The van der Waals surface area contributed by atoms with Crippen molar-refractivity contribution < 1.29 is 5.02 Å². The van der Waals surface area contributed by atoms with Crippen molar-refractivity contribution in [1.29, 1.82) is 0 Å². The summed E-state index contributed by atoms with van der Waals surface area (Å²) in [4.78, 5) is 1.33. The summed E-state index contributed by atoms with van der Waals surface area (Å²) in [6.45, 7) is 0. The van der Waals surface area contributed by atoms with E-state index in [1.54, 1.807) is 25.4 Å². The predicted octanol–water partition coefficient (Wildman–Crippen LogP) is 0.181. The van der Waals surface area contributed by atoms with Gasteiger partial charge in [-0.15, -0.1) is 0 Å². The maximum absolute atomic E-state index is 10.1. The lowest BCUT2D eigenvalue weighted by molar-refractivity contribution is 0.490. The highest BCUT2D eigenvalue weighted by atomic mass is 35.5. The molecule has 1 aromatic carbocycles. The highest BCUT2D eigenvalue weighted by Gasteiger charge is 2.31. The first kappa shape index (κ1) is 11.4. The summed E-state index contributed by atoms with van der Waals surface area (Å²) in [5, 5.41) is 17.8. The van der Waals surface area contributed by atoms with Gasteiger partial charge in [0.1, 0.15) is 0 Å². The van der Waals surface area contributed by atoms with Crippen molar-refractivity contribution in [3.05, 3.63) is 28.8 Å². The van der Waals surface area contributed by atoms with Crippen molar-refractivity contribution in [3.63, 3.8) is 0 Å². The van der Waals surface area contributed by atoms with E-state index < -0.39 is 7.05 Å². The Labute approximate surface area is 104 Å². The third kappa shape index (κ3) is 1.91. The Hall–Kier alpha value is -1.11. The van der Waals surface area contributed by atoms with E-state index in [1.807, 2.05) is 6.07 Å². The molecule has 82 valence electrons. The molecule has 2 N–H and O–H groups in total. The first-order chi connectivity index (χ1) is 7.63. The van der Waals surface area contributed by atoms with Gasteiger partial charge in [-0.1, -0.05) is 17.7 Å². The van der Waals surface area contributed by atoms with Crippen molar-refractivity contribution in [1.82, 2.24) is 10.2 Å². The van der Waals surface area contributed by atoms with Crippen LogP contribution in [-0.4, -0.2) is 35.4 Å². The molecule has 0 saturated carbocycles. The number of hydrazone groups is 1. The molecule has 4 nitrogen and oxygen atoms in total. The van der Waals surface area contributed by atoms with Crippen LogP contribution in [0.2, 0.25) is 5.02 Å². The van der Waals surface area contributed by atoms with Gasteiger partial charge < -0.3 is 10.3 Å². The normalized spacial score (nSPS) is 13.7. The van der Waals surface area contributed by atoms with Gasteiger partial charge in [-0.05, 0) is 35.4 Å².